The molecule has 0 aromatic heterocycles. The summed E-state index contributed by atoms with van der Waals surface area (Å²) >= 11 is 0. The highest BCUT2D eigenvalue weighted by molar-refractivity contribution is 6.32. The number of nitriles is 1. The van der Waals surface area contributed by atoms with Crippen molar-refractivity contribution in [3.63, 3.8) is 0 Å². The lowest BCUT2D eigenvalue weighted by Crippen LogP contribution is -2.34. The number of carboxylic acid groups (broad SMARTS) is 1. The molecule has 4 nitrogen and oxygen atoms in total. The molecule has 0 saturated carbocycles. The minimum atomic E-state index is -0.973. The minimum absolute atomic E-state index is 0.0117. The van der Waals surface area contributed by atoms with Crippen LogP contribution in [0.5, 0.6) is 0 Å². The molecule has 0 spiro atoms. The first-order valence-electron chi connectivity index (χ1n) is 9.53. The van der Waals surface area contributed by atoms with Crippen LogP contribution < -0.4 is 5.46 Å². The van der Waals surface area contributed by atoms with Gasteiger partial charge in [-0.25, -0.2) is 9.18 Å². The molecule has 2 aromatic carbocycles. The summed E-state index contributed by atoms with van der Waals surface area (Å²) in [7, 11) is 1.99. The van der Waals surface area contributed by atoms with Crippen molar-refractivity contribution in [2.24, 2.45) is 5.92 Å². The van der Waals surface area contributed by atoms with Gasteiger partial charge in [-0.05, 0) is 55.9 Å². The van der Waals surface area contributed by atoms with Crippen LogP contribution in [0.2, 0.25) is 0 Å². The molecular weight excluding hydrogens is 354 g/mol. The number of benzene rings is 2. The van der Waals surface area contributed by atoms with Gasteiger partial charge in [0.05, 0.1) is 12.1 Å². The fourth-order valence-corrected chi connectivity index (χ4v) is 3.41. The number of amides is 1. The lowest BCUT2D eigenvalue weighted by atomic mass is 9.87. The van der Waals surface area contributed by atoms with Gasteiger partial charge in [-0.15, -0.1) is 0 Å². The van der Waals surface area contributed by atoms with Crippen molar-refractivity contribution in [1.82, 2.24) is 4.90 Å². The summed E-state index contributed by atoms with van der Waals surface area (Å²) in [6, 6.07) is 16.1. The van der Waals surface area contributed by atoms with Gasteiger partial charge in [0.2, 0.25) is 0 Å². The Morgan fingerprint density at radius 2 is 1.71 bits per heavy atom. The number of rotatable bonds is 8. The standard InChI is InChI=1S/C22H26BFN2O2/c1-15(14-25)13-19(18-5-9-21(24)10-6-18)11-12-26(22(27)28)16(2)17-3-7-20(23)8-4-17/h3-10,15-16,19H,11-13,23H2,1-2H3,(H,27,28)/t15?,16-,19+/m0/s1. The van der Waals surface area contributed by atoms with Crippen LogP contribution in [0.25, 0.3) is 0 Å². The maximum Gasteiger partial charge on any atom is 0.407 e. The second-order valence-corrected chi connectivity index (χ2v) is 7.37. The SMILES string of the molecule is Bc1ccc([C@H](C)N(CC[C@H](CC(C)C#N)c2ccc(F)cc2)C(=O)O)cc1. The summed E-state index contributed by atoms with van der Waals surface area (Å²) in [5.41, 5.74) is 2.99. The molecule has 28 heavy (non-hydrogen) atoms. The van der Waals surface area contributed by atoms with Gasteiger partial charge in [0.25, 0.3) is 0 Å². The van der Waals surface area contributed by atoms with Gasteiger partial charge in [0.1, 0.15) is 13.7 Å². The Hall–Kier alpha value is -2.81. The molecule has 0 fully saturated rings. The maximum atomic E-state index is 13.3. The Morgan fingerprint density at radius 3 is 2.25 bits per heavy atom. The van der Waals surface area contributed by atoms with Crippen LogP contribution in [0, 0.1) is 23.1 Å². The van der Waals surface area contributed by atoms with Crippen LogP contribution in [0.3, 0.4) is 0 Å². The van der Waals surface area contributed by atoms with Gasteiger partial charge in [0.15, 0.2) is 0 Å². The molecule has 0 aliphatic carbocycles. The molecule has 1 amide bonds. The highest BCUT2D eigenvalue weighted by Crippen LogP contribution is 2.29. The Labute approximate surface area is 167 Å². The average Bonchev–Trinajstić information content (AvgIpc) is 2.67. The number of hydrogen-bond donors (Lipinski definition) is 1. The van der Waals surface area contributed by atoms with E-state index in [1.807, 2.05) is 46.0 Å². The number of halogens is 1. The third kappa shape index (κ3) is 5.85. The Morgan fingerprint density at radius 1 is 1.14 bits per heavy atom. The Balaban J connectivity index is 2.17. The molecule has 0 aliphatic rings. The van der Waals surface area contributed by atoms with Crippen molar-refractivity contribution in [2.75, 3.05) is 6.54 Å². The van der Waals surface area contributed by atoms with E-state index in [1.165, 1.54) is 17.0 Å². The molecule has 6 heteroatoms. The van der Waals surface area contributed by atoms with Crippen LogP contribution in [0.4, 0.5) is 9.18 Å². The van der Waals surface area contributed by atoms with E-state index < -0.39 is 6.09 Å². The van der Waals surface area contributed by atoms with Crippen LogP contribution in [0.1, 0.15) is 49.8 Å². The lowest BCUT2D eigenvalue weighted by Gasteiger charge is -2.29. The smallest absolute Gasteiger partial charge is 0.407 e. The van der Waals surface area contributed by atoms with Crippen molar-refractivity contribution in [3.05, 3.63) is 65.5 Å². The largest absolute Gasteiger partial charge is 0.465 e. The summed E-state index contributed by atoms with van der Waals surface area (Å²) in [4.78, 5) is 13.3. The molecule has 2 aromatic rings. The predicted octanol–water partition coefficient (Wildman–Crippen LogP) is 3.85. The summed E-state index contributed by atoms with van der Waals surface area (Å²) in [6.07, 6.45) is 0.202. The van der Waals surface area contributed by atoms with Gasteiger partial charge < -0.3 is 10.0 Å². The molecule has 1 unspecified atom stereocenters. The molecule has 0 saturated heterocycles. The van der Waals surface area contributed by atoms with Gasteiger partial charge >= 0.3 is 6.09 Å². The van der Waals surface area contributed by atoms with Gasteiger partial charge in [-0.2, -0.15) is 5.26 Å². The van der Waals surface area contributed by atoms with E-state index in [0.29, 0.717) is 19.4 Å². The highest BCUT2D eigenvalue weighted by atomic mass is 19.1. The molecule has 0 radical (unpaired) electrons. The first-order valence-corrected chi connectivity index (χ1v) is 9.53. The van der Waals surface area contributed by atoms with Crippen LogP contribution >= 0.6 is 0 Å². The van der Waals surface area contributed by atoms with E-state index in [2.05, 4.69) is 6.07 Å². The van der Waals surface area contributed by atoms with E-state index in [-0.39, 0.29) is 23.7 Å². The number of carbonyl (C=O) groups is 1. The van der Waals surface area contributed by atoms with Crippen molar-refractivity contribution < 1.29 is 14.3 Å². The maximum absolute atomic E-state index is 13.3. The molecule has 146 valence electrons. The first kappa shape index (κ1) is 21.5. The van der Waals surface area contributed by atoms with E-state index in [1.54, 1.807) is 12.1 Å². The third-order valence-corrected chi connectivity index (χ3v) is 5.19. The lowest BCUT2D eigenvalue weighted by molar-refractivity contribution is 0.125. The Bertz CT molecular complexity index is 818. The van der Waals surface area contributed by atoms with E-state index in [0.717, 1.165) is 16.6 Å². The van der Waals surface area contributed by atoms with Gasteiger partial charge in [-0.3, -0.25) is 0 Å². The molecule has 0 heterocycles. The quantitative estimate of drug-likeness (QED) is 0.708. The van der Waals surface area contributed by atoms with Crippen molar-refractivity contribution >= 4 is 19.4 Å². The topological polar surface area (TPSA) is 64.3 Å². The van der Waals surface area contributed by atoms with Crippen LogP contribution in [0.15, 0.2) is 48.5 Å². The fraction of sp³-hybridized carbons (Fsp3) is 0.364. The minimum Gasteiger partial charge on any atom is -0.465 e. The predicted molar refractivity (Wildman–Crippen MR) is 111 cm³/mol. The normalized spacial score (nSPS) is 13.9. The van der Waals surface area contributed by atoms with E-state index in [4.69, 9.17) is 0 Å². The van der Waals surface area contributed by atoms with E-state index in [9.17, 15) is 19.6 Å². The Kier molecular flexibility index (Phi) is 7.63. The number of nitrogens with zero attached hydrogens (tertiary/aromatic N) is 2. The van der Waals surface area contributed by atoms with Gasteiger partial charge in [-0.1, -0.05) is 41.9 Å². The number of hydrogen-bond acceptors (Lipinski definition) is 2. The molecule has 2 rings (SSSR count). The first-order chi connectivity index (χ1) is 13.3. The monoisotopic (exact) mass is 380 g/mol. The fourth-order valence-electron chi connectivity index (χ4n) is 3.41. The zero-order chi connectivity index (χ0) is 20.7. The second-order valence-electron chi connectivity index (χ2n) is 7.37. The van der Waals surface area contributed by atoms with E-state index >= 15 is 0 Å². The molecule has 3 atom stereocenters. The zero-order valence-corrected chi connectivity index (χ0v) is 16.6. The molecule has 0 bridgehead atoms. The summed E-state index contributed by atoms with van der Waals surface area (Å²) < 4.78 is 13.3. The third-order valence-electron chi connectivity index (χ3n) is 5.19. The van der Waals surface area contributed by atoms with Crippen LogP contribution in [-0.4, -0.2) is 30.5 Å². The summed E-state index contributed by atoms with van der Waals surface area (Å²) in [5, 5.41) is 18.9. The van der Waals surface area contributed by atoms with Crippen molar-refractivity contribution in [2.45, 2.75) is 38.6 Å². The molecule has 1 N–H and O–H groups in total. The van der Waals surface area contributed by atoms with Crippen molar-refractivity contribution in [1.29, 1.82) is 5.26 Å². The summed E-state index contributed by atoms with van der Waals surface area (Å²) in [6.45, 7) is 4.06. The average molecular weight is 380 g/mol. The molecular formula is C22H26BFN2O2. The highest BCUT2D eigenvalue weighted by Gasteiger charge is 2.23. The summed E-state index contributed by atoms with van der Waals surface area (Å²) in [5.74, 6) is -0.485. The second kappa shape index (κ2) is 9.94. The zero-order valence-electron chi connectivity index (χ0n) is 16.6. The molecule has 0 aliphatic heterocycles. The van der Waals surface area contributed by atoms with Gasteiger partial charge in [0, 0.05) is 12.5 Å². The van der Waals surface area contributed by atoms with Crippen LogP contribution in [-0.2, 0) is 0 Å². The van der Waals surface area contributed by atoms with Crippen molar-refractivity contribution in [3.8, 4) is 6.07 Å².